The van der Waals surface area contributed by atoms with E-state index in [9.17, 15) is 4.79 Å². The van der Waals surface area contributed by atoms with Gasteiger partial charge in [-0.1, -0.05) is 60.5 Å². The lowest BCUT2D eigenvalue weighted by Crippen LogP contribution is -2.26. The molecule has 0 radical (unpaired) electrons. The third-order valence-electron chi connectivity index (χ3n) is 5.28. The Bertz CT molecular complexity index is 1190. The molecule has 0 aromatic heterocycles. The lowest BCUT2D eigenvalue weighted by atomic mass is 10.0. The summed E-state index contributed by atoms with van der Waals surface area (Å²) in [5.41, 5.74) is 4.35. The number of anilines is 1. The highest BCUT2D eigenvalue weighted by molar-refractivity contribution is 6.42. The van der Waals surface area contributed by atoms with Crippen molar-refractivity contribution in [2.24, 2.45) is 0 Å². The third kappa shape index (κ3) is 4.47. The van der Waals surface area contributed by atoms with Gasteiger partial charge in [-0.25, -0.2) is 0 Å². The Morgan fingerprint density at radius 3 is 2.53 bits per heavy atom. The van der Waals surface area contributed by atoms with Crippen molar-refractivity contribution in [3.63, 3.8) is 0 Å². The summed E-state index contributed by atoms with van der Waals surface area (Å²) in [6.07, 6.45) is 2.80. The molecular weight excluding hydrogens is 445 g/mol. The van der Waals surface area contributed by atoms with Crippen LogP contribution in [0.15, 0.2) is 60.7 Å². The molecule has 4 nitrogen and oxygen atoms in total. The summed E-state index contributed by atoms with van der Waals surface area (Å²) in [5, 5.41) is 0.992. The van der Waals surface area contributed by atoms with Crippen molar-refractivity contribution < 1.29 is 14.3 Å². The number of methoxy groups -OCH3 is 1. The van der Waals surface area contributed by atoms with Crippen molar-refractivity contribution in [2.75, 3.05) is 18.6 Å². The molecule has 1 heterocycles. The number of nitrogens with zero attached hydrogens (tertiary/aromatic N) is 1. The van der Waals surface area contributed by atoms with E-state index >= 15 is 0 Å². The molecule has 6 heteroatoms. The fourth-order valence-corrected chi connectivity index (χ4v) is 4.06. The molecule has 3 aromatic rings. The van der Waals surface area contributed by atoms with E-state index in [1.807, 2.05) is 59.5 Å². The first kappa shape index (κ1) is 22.3. The molecule has 0 saturated heterocycles. The van der Waals surface area contributed by atoms with Gasteiger partial charge >= 0.3 is 0 Å². The second-order valence-corrected chi connectivity index (χ2v) is 8.29. The van der Waals surface area contributed by atoms with E-state index in [1.165, 1.54) is 0 Å². The molecule has 0 unspecified atom stereocenters. The second-order valence-electron chi connectivity index (χ2n) is 7.48. The lowest BCUT2D eigenvalue weighted by Gasteiger charge is -2.15. The predicted molar refractivity (Wildman–Crippen MR) is 131 cm³/mol. The zero-order valence-corrected chi connectivity index (χ0v) is 19.4. The van der Waals surface area contributed by atoms with Crippen molar-refractivity contribution in [3.05, 3.63) is 87.4 Å². The summed E-state index contributed by atoms with van der Waals surface area (Å²) in [5.74, 6) is 1.21. The maximum Gasteiger partial charge on any atom is 0.258 e. The van der Waals surface area contributed by atoms with Crippen LogP contribution in [0.5, 0.6) is 11.5 Å². The van der Waals surface area contributed by atoms with Gasteiger partial charge in [-0.3, -0.25) is 4.79 Å². The summed E-state index contributed by atoms with van der Waals surface area (Å²) >= 11 is 12.1. The Labute approximate surface area is 198 Å². The molecule has 0 saturated carbocycles. The molecule has 0 N–H and O–H groups in total. The number of carbonyl (C=O) groups excluding carboxylic acids is 1. The van der Waals surface area contributed by atoms with Crippen molar-refractivity contribution >= 4 is 46.4 Å². The zero-order valence-electron chi connectivity index (χ0n) is 17.9. The third-order valence-corrected chi connectivity index (χ3v) is 6.02. The van der Waals surface area contributed by atoms with Crippen LogP contribution in [0.3, 0.4) is 0 Å². The van der Waals surface area contributed by atoms with Crippen LogP contribution in [0.1, 0.15) is 30.0 Å². The highest BCUT2D eigenvalue weighted by Gasteiger charge is 2.31. The topological polar surface area (TPSA) is 38.8 Å². The summed E-state index contributed by atoms with van der Waals surface area (Å²) in [6.45, 7) is 3.09. The van der Waals surface area contributed by atoms with Gasteiger partial charge < -0.3 is 14.4 Å². The number of para-hydroxylation sites is 1. The number of amides is 1. The number of carbonyl (C=O) groups is 1. The van der Waals surface area contributed by atoms with Crippen LogP contribution in [-0.2, 0) is 11.4 Å². The van der Waals surface area contributed by atoms with Crippen molar-refractivity contribution in [1.29, 1.82) is 0 Å². The number of ether oxygens (including phenoxy) is 2. The zero-order chi connectivity index (χ0) is 22.7. The smallest absolute Gasteiger partial charge is 0.258 e. The summed E-state index contributed by atoms with van der Waals surface area (Å²) in [7, 11) is 1.59. The van der Waals surface area contributed by atoms with Crippen molar-refractivity contribution in [3.8, 4) is 11.5 Å². The SMILES string of the molecule is CCCN1C(=O)/C(=C\c2ccc(OCc3ccc(Cl)c(Cl)c3)c(OC)c2)c2ccccc21. The van der Waals surface area contributed by atoms with E-state index in [-0.39, 0.29) is 5.91 Å². The Morgan fingerprint density at radius 1 is 0.969 bits per heavy atom. The molecule has 3 aromatic carbocycles. The molecule has 164 valence electrons. The molecule has 1 aliphatic rings. The molecule has 4 rings (SSSR count). The molecule has 0 bridgehead atoms. The van der Waals surface area contributed by atoms with Gasteiger partial charge in [0.1, 0.15) is 6.61 Å². The van der Waals surface area contributed by atoms with E-state index in [0.717, 1.165) is 28.8 Å². The van der Waals surface area contributed by atoms with Crippen LogP contribution < -0.4 is 14.4 Å². The molecule has 32 heavy (non-hydrogen) atoms. The van der Waals surface area contributed by atoms with Gasteiger partial charge in [0.2, 0.25) is 0 Å². The van der Waals surface area contributed by atoms with Crippen LogP contribution >= 0.6 is 23.2 Å². The van der Waals surface area contributed by atoms with Gasteiger partial charge in [-0.15, -0.1) is 0 Å². The minimum Gasteiger partial charge on any atom is -0.493 e. The standard InChI is InChI=1S/C26H23Cl2NO3/c1-3-12-29-23-7-5-4-6-19(23)20(26(29)30)13-17-9-11-24(25(15-17)31-2)32-16-18-8-10-21(27)22(28)14-18/h4-11,13-15H,3,12,16H2,1-2H3/b20-13-. The molecule has 1 aliphatic heterocycles. The number of fused-ring (bicyclic) bond motifs is 1. The minimum absolute atomic E-state index is 0.0203. The average molecular weight is 468 g/mol. The maximum atomic E-state index is 13.1. The number of rotatable bonds is 7. The molecule has 0 spiro atoms. The summed E-state index contributed by atoms with van der Waals surface area (Å²) < 4.78 is 11.5. The van der Waals surface area contributed by atoms with Gasteiger partial charge in [-0.2, -0.15) is 0 Å². The van der Waals surface area contributed by atoms with Crippen LogP contribution in [0.25, 0.3) is 11.6 Å². The molecule has 0 fully saturated rings. The van der Waals surface area contributed by atoms with Gasteiger partial charge in [0.15, 0.2) is 11.5 Å². The van der Waals surface area contributed by atoms with Gasteiger partial charge in [0.25, 0.3) is 5.91 Å². The fourth-order valence-electron chi connectivity index (χ4n) is 3.74. The second kappa shape index (κ2) is 9.68. The van der Waals surface area contributed by atoms with Crippen LogP contribution in [0.2, 0.25) is 10.0 Å². The summed E-state index contributed by atoms with van der Waals surface area (Å²) in [4.78, 5) is 14.9. The van der Waals surface area contributed by atoms with Gasteiger partial charge in [-0.05, 0) is 54.0 Å². The Balaban J connectivity index is 1.59. The van der Waals surface area contributed by atoms with Gasteiger partial charge in [0.05, 0.1) is 22.8 Å². The largest absolute Gasteiger partial charge is 0.493 e. The lowest BCUT2D eigenvalue weighted by molar-refractivity contribution is -0.113. The van der Waals surface area contributed by atoms with E-state index < -0.39 is 0 Å². The first-order chi connectivity index (χ1) is 15.5. The Hall–Kier alpha value is -2.95. The monoisotopic (exact) mass is 467 g/mol. The number of benzene rings is 3. The van der Waals surface area contributed by atoms with E-state index in [4.69, 9.17) is 32.7 Å². The minimum atomic E-state index is 0.0203. The highest BCUT2D eigenvalue weighted by atomic mass is 35.5. The van der Waals surface area contributed by atoms with Gasteiger partial charge in [0, 0.05) is 17.7 Å². The van der Waals surface area contributed by atoms with Crippen LogP contribution in [0, 0.1) is 0 Å². The number of hydrogen-bond acceptors (Lipinski definition) is 3. The maximum absolute atomic E-state index is 13.1. The first-order valence-corrected chi connectivity index (χ1v) is 11.1. The van der Waals surface area contributed by atoms with Crippen LogP contribution in [-0.4, -0.2) is 19.6 Å². The molecular formula is C26H23Cl2NO3. The van der Waals surface area contributed by atoms with Crippen LogP contribution in [0.4, 0.5) is 5.69 Å². The Morgan fingerprint density at radius 2 is 1.78 bits per heavy atom. The molecule has 0 aliphatic carbocycles. The normalized spacial score (nSPS) is 14.1. The molecule has 0 atom stereocenters. The van der Waals surface area contributed by atoms with E-state index in [1.54, 1.807) is 19.2 Å². The van der Waals surface area contributed by atoms with Crippen molar-refractivity contribution in [2.45, 2.75) is 20.0 Å². The van der Waals surface area contributed by atoms with Crippen molar-refractivity contribution in [1.82, 2.24) is 0 Å². The number of hydrogen-bond donors (Lipinski definition) is 0. The summed E-state index contributed by atoms with van der Waals surface area (Å²) in [6, 6.07) is 18.9. The first-order valence-electron chi connectivity index (χ1n) is 10.4. The van der Waals surface area contributed by atoms with E-state index in [0.29, 0.717) is 40.3 Å². The number of halogens is 2. The predicted octanol–water partition coefficient (Wildman–Crippen LogP) is 6.88. The Kier molecular flexibility index (Phi) is 6.73. The fraction of sp³-hybridized carbons (Fsp3) is 0.192. The highest BCUT2D eigenvalue weighted by Crippen LogP contribution is 2.38. The molecule has 1 amide bonds. The van der Waals surface area contributed by atoms with E-state index in [2.05, 4.69) is 6.92 Å². The average Bonchev–Trinajstić information content (AvgIpc) is 3.06. The quantitative estimate of drug-likeness (QED) is 0.355.